The van der Waals surface area contributed by atoms with Gasteiger partial charge in [-0.05, 0) is 0 Å². The molecule has 10 atom stereocenters. The normalized spacial score (nSPS) is 51.7. The fourth-order valence-electron chi connectivity index (χ4n) is 2.56. The van der Waals surface area contributed by atoms with Crippen molar-refractivity contribution >= 4 is 16.0 Å². The van der Waals surface area contributed by atoms with E-state index in [2.05, 4.69) is 16.0 Å². The van der Waals surface area contributed by atoms with Crippen molar-refractivity contribution in [3.05, 3.63) is 0 Å². The van der Waals surface area contributed by atoms with Crippen LogP contribution in [0.4, 0.5) is 0 Å². The molecule has 0 aliphatic carbocycles. The average molecular weight is 404 g/mol. The summed E-state index contributed by atoms with van der Waals surface area (Å²) in [6.07, 6.45) is -12.6. The van der Waals surface area contributed by atoms with E-state index in [4.69, 9.17) is 19.3 Å². The van der Waals surface area contributed by atoms with Gasteiger partial charge < -0.3 is 0 Å². The van der Waals surface area contributed by atoms with Crippen molar-refractivity contribution in [3.8, 4) is 0 Å². The molecule has 1 radical (unpaired) electrons. The third-order valence-corrected chi connectivity index (χ3v) is 4.78. The Hall–Kier alpha value is 0.119. The number of hydrogen-bond acceptors (Lipinski definition) is 10. The van der Waals surface area contributed by atoms with Gasteiger partial charge in [-0.25, -0.2) is 0 Å². The Labute approximate surface area is 140 Å². The third-order valence-electron chi connectivity index (χ3n) is 3.96. The second-order valence-corrected chi connectivity index (χ2v) is 6.48. The van der Waals surface area contributed by atoms with Crippen LogP contribution < -0.4 is 0 Å². The summed E-state index contributed by atoms with van der Waals surface area (Å²) in [5.74, 6) is 0. The zero-order valence-electron chi connectivity index (χ0n) is 12.0. The van der Waals surface area contributed by atoms with Crippen LogP contribution >= 0.6 is 0 Å². The maximum absolute atomic E-state index is 10.1. The fourth-order valence-corrected chi connectivity index (χ4v) is 3.19. The van der Waals surface area contributed by atoms with Crippen LogP contribution in [0.15, 0.2) is 0 Å². The molecule has 0 saturated carbocycles. The quantitative estimate of drug-likeness (QED) is 0.225. The summed E-state index contributed by atoms with van der Waals surface area (Å²) in [7, 11) is 0. The molecular weight excluding hydrogens is 383 g/mol. The summed E-state index contributed by atoms with van der Waals surface area (Å²) >= 11 is 2.50. The molecule has 0 bridgehead atoms. The molecule has 0 amide bonds. The zero-order chi connectivity index (χ0) is 17.3. The van der Waals surface area contributed by atoms with Crippen LogP contribution in [0.2, 0.25) is 0 Å². The zero-order valence-corrected chi connectivity index (χ0v) is 13.7. The minimum absolute atomic E-state index is 0.538. The van der Waals surface area contributed by atoms with Gasteiger partial charge in [0.1, 0.15) is 0 Å². The van der Waals surface area contributed by atoms with Crippen LogP contribution in [-0.4, -0.2) is 125 Å². The Bertz CT molecular complexity index is 383. The molecule has 2 rings (SSSR count). The van der Waals surface area contributed by atoms with Gasteiger partial charge >= 0.3 is 139 Å². The van der Waals surface area contributed by atoms with Crippen LogP contribution in [0.25, 0.3) is 0 Å². The van der Waals surface area contributed by atoms with Gasteiger partial charge in [0.15, 0.2) is 0 Å². The van der Waals surface area contributed by atoms with Gasteiger partial charge in [-0.2, -0.15) is 0 Å². The van der Waals surface area contributed by atoms with E-state index in [1.165, 1.54) is 0 Å². The van der Waals surface area contributed by atoms with Gasteiger partial charge in [-0.15, -0.1) is 0 Å². The van der Waals surface area contributed by atoms with Crippen molar-refractivity contribution in [3.63, 3.8) is 0 Å². The molecule has 0 aromatic heterocycles. The van der Waals surface area contributed by atoms with E-state index in [1.54, 1.807) is 0 Å². The first-order valence-electron chi connectivity index (χ1n) is 7.06. The molecule has 2 heterocycles. The maximum atomic E-state index is 10.1. The summed E-state index contributed by atoms with van der Waals surface area (Å²) in [5, 5.41) is 66.8. The van der Waals surface area contributed by atoms with Gasteiger partial charge in [-0.1, -0.05) is 0 Å². The van der Waals surface area contributed by atoms with Crippen LogP contribution in [0.1, 0.15) is 0 Å². The van der Waals surface area contributed by atoms with E-state index in [0.717, 1.165) is 0 Å². The molecule has 2 saturated heterocycles. The number of ether oxygens (including phenoxy) is 3. The van der Waals surface area contributed by atoms with Crippen molar-refractivity contribution in [2.45, 2.75) is 60.1 Å². The van der Waals surface area contributed by atoms with Crippen molar-refractivity contribution in [2.75, 3.05) is 13.2 Å². The second kappa shape index (κ2) is 8.00. The van der Waals surface area contributed by atoms with Crippen molar-refractivity contribution in [1.82, 2.24) is 0 Å². The summed E-state index contributed by atoms with van der Waals surface area (Å²) in [4.78, 5) is 0. The molecule has 2 aliphatic heterocycles. The Morgan fingerprint density at radius 1 is 0.739 bits per heavy atom. The van der Waals surface area contributed by atoms with Crippen LogP contribution in [0, 0.1) is 0 Å². The molecule has 0 aromatic carbocycles. The van der Waals surface area contributed by atoms with Crippen molar-refractivity contribution in [2.24, 2.45) is 0 Å². The Morgan fingerprint density at radius 2 is 1.35 bits per heavy atom. The fraction of sp³-hybridized carbons (Fsp3) is 1.00. The Kier molecular flexibility index (Phi) is 6.76. The van der Waals surface area contributed by atoms with Gasteiger partial charge in [0.25, 0.3) is 0 Å². The monoisotopic (exact) mass is 405 g/mol. The molecule has 2 aliphatic rings. The van der Waals surface area contributed by atoms with E-state index >= 15 is 0 Å². The first-order chi connectivity index (χ1) is 10.8. The van der Waals surface area contributed by atoms with Crippen LogP contribution in [0.3, 0.4) is 0 Å². The standard InChI is InChI=1S/C12H21O10Se/c13-1-3-5(15)6(16)8(18)11(20-3)22-10-4(2-14)21-12(23)9(19)7(10)17/h3-19H,1-2H2/t3-,4-,5+,6+,7-,8-,9-,10-,11+,12?/m1/s1. The third kappa shape index (κ3) is 3.87. The molecule has 1 unspecified atom stereocenters. The number of aliphatic hydroxyl groups excluding tert-OH is 7. The molecule has 135 valence electrons. The first kappa shape index (κ1) is 19.4. The number of hydrogen-bond donors (Lipinski definition) is 7. The summed E-state index contributed by atoms with van der Waals surface area (Å²) in [6, 6.07) is 0. The van der Waals surface area contributed by atoms with Gasteiger partial charge in [-0.3, -0.25) is 0 Å². The van der Waals surface area contributed by atoms with E-state index < -0.39 is 73.3 Å². The predicted molar refractivity (Wildman–Crippen MR) is 72.2 cm³/mol. The molecule has 23 heavy (non-hydrogen) atoms. The summed E-state index contributed by atoms with van der Waals surface area (Å²) < 4.78 is 15.8. The first-order valence-corrected chi connectivity index (χ1v) is 8.05. The Morgan fingerprint density at radius 3 is 1.91 bits per heavy atom. The van der Waals surface area contributed by atoms with Crippen LogP contribution in [0.5, 0.6) is 0 Å². The molecule has 2 fully saturated rings. The van der Waals surface area contributed by atoms with Crippen LogP contribution in [-0.2, 0) is 14.2 Å². The minimum atomic E-state index is -1.66. The SMILES string of the molecule is OC[C@H]1O[C@@H](O[C@H]2[C@H](O)[C@@H](O)C([Se])O[C@@H]2CO)[C@H](O)[C@@H](O)[C@H]1O. The molecule has 10 nitrogen and oxygen atoms in total. The topological polar surface area (TPSA) is 169 Å². The van der Waals surface area contributed by atoms with E-state index in [0.29, 0.717) is 0 Å². The molecular formula is C12H21O10Se. The van der Waals surface area contributed by atoms with Gasteiger partial charge in [0.05, 0.1) is 0 Å². The van der Waals surface area contributed by atoms with E-state index in [9.17, 15) is 30.6 Å². The van der Waals surface area contributed by atoms with Crippen molar-refractivity contribution in [1.29, 1.82) is 0 Å². The molecule has 7 N–H and O–H groups in total. The summed E-state index contributed by atoms with van der Waals surface area (Å²) in [5.41, 5.74) is 0. The average Bonchev–Trinajstić information content (AvgIpc) is 2.55. The second-order valence-electron chi connectivity index (χ2n) is 5.50. The summed E-state index contributed by atoms with van der Waals surface area (Å²) in [6.45, 7) is -1.17. The Balaban J connectivity index is 2.11. The van der Waals surface area contributed by atoms with Gasteiger partial charge in [0, 0.05) is 0 Å². The van der Waals surface area contributed by atoms with Crippen molar-refractivity contribution < 1.29 is 50.0 Å². The number of aliphatic hydroxyl groups is 7. The number of rotatable bonds is 4. The predicted octanol–water partition coefficient (Wildman–Crippen LogP) is -5.22. The van der Waals surface area contributed by atoms with E-state index in [1.807, 2.05) is 0 Å². The molecule has 0 spiro atoms. The molecule has 0 aromatic rings. The van der Waals surface area contributed by atoms with E-state index in [-0.39, 0.29) is 0 Å². The molecule has 11 heteroatoms. The van der Waals surface area contributed by atoms with Gasteiger partial charge in [0.2, 0.25) is 0 Å².